The largest absolute Gasteiger partial charge is 0.295 e. The highest BCUT2D eigenvalue weighted by atomic mass is 19.1. The molecule has 21 heavy (non-hydrogen) atoms. The van der Waals surface area contributed by atoms with Gasteiger partial charge < -0.3 is 0 Å². The number of rotatable bonds is 5. The Labute approximate surface area is 121 Å². The molecule has 2 aromatic rings. The van der Waals surface area contributed by atoms with Gasteiger partial charge in [-0.1, -0.05) is 0 Å². The first-order valence-electron chi connectivity index (χ1n) is 6.81. The fourth-order valence-corrected chi connectivity index (χ4v) is 2.27. The van der Waals surface area contributed by atoms with E-state index < -0.39 is 0 Å². The molecule has 0 unspecified atom stereocenters. The maximum absolute atomic E-state index is 13.8. The van der Waals surface area contributed by atoms with Gasteiger partial charge in [-0.15, -0.1) is 5.10 Å². The molecule has 0 atom stereocenters. The van der Waals surface area contributed by atoms with E-state index in [4.69, 9.17) is 5.26 Å². The van der Waals surface area contributed by atoms with Gasteiger partial charge in [0.2, 0.25) is 0 Å². The summed E-state index contributed by atoms with van der Waals surface area (Å²) < 4.78 is 15.6. The summed E-state index contributed by atoms with van der Waals surface area (Å²) >= 11 is 0. The Kier molecular flexibility index (Phi) is 3.62. The van der Waals surface area contributed by atoms with Gasteiger partial charge in [0.05, 0.1) is 24.2 Å². The molecule has 7 heteroatoms. The molecule has 3 rings (SSSR count). The van der Waals surface area contributed by atoms with E-state index in [0.29, 0.717) is 30.3 Å². The normalized spacial score (nSPS) is 14.4. The van der Waals surface area contributed by atoms with E-state index in [1.165, 1.54) is 12.1 Å². The van der Waals surface area contributed by atoms with E-state index in [2.05, 4.69) is 15.5 Å². The second-order valence-corrected chi connectivity index (χ2v) is 5.36. The van der Waals surface area contributed by atoms with Gasteiger partial charge in [-0.2, -0.15) is 5.26 Å². The Morgan fingerprint density at radius 2 is 2.24 bits per heavy atom. The lowest BCUT2D eigenvalue weighted by molar-refractivity contribution is 0.297. The lowest BCUT2D eigenvalue weighted by Gasteiger charge is -2.16. The molecule has 1 aliphatic rings. The number of nitrogens with zero attached hydrogens (tertiary/aromatic N) is 6. The van der Waals surface area contributed by atoms with Gasteiger partial charge in [-0.25, -0.2) is 9.07 Å². The molecule has 0 N–H and O–H groups in total. The molecule has 6 nitrogen and oxygen atoms in total. The summed E-state index contributed by atoms with van der Waals surface area (Å²) in [5.74, 6) is 0.486. The SMILES string of the molecule is CN(Cc1cc(C#N)ccc1F)Cc1nnnn1C1CC1. The molecular formula is C14H15FN6. The molecule has 0 amide bonds. The van der Waals surface area contributed by atoms with Crippen LogP contribution in [0.3, 0.4) is 0 Å². The highest BCUT2D eigenvalue weighted by molar-refractivity contribution is 5.33. The third kappa shape index (κ3) is 3.06. The number of halogens is 1. The summed E-state index contributed by atoms with van der Waals surface area (Å²) in [6, 6.07) is 6.83. The number of hydrogen-bond donors (Lipinski definition) is 0. The van der Waals surface area contributed by atoms with Gasteiger partial charge in [0.25, 0.3) is 0 Å². The maximum Gasteiger partial charge on any atom is 0.165 e. The van der Waals surface area contributed by atoms with Gasteiger partial charge >= 0.3 is 0 Å². The Morgan fingerprint density at radius 1 is 1.43 bits per heavy atom. The fraction of sp³-hybridized carbons (Fsp3) is 0.429. The van der Waals surface area contributed by atoms with Gasteiger partial charge in [0.15, 0.2) is 5.82 Å². The van der Waals surface area contributed by atoms with Crippen molar-refractivity contribution in [1.82, 2.24) is 25.1 Å². The first-order valence-corrected chi connectivity index (χ1v) is 6.81. The third-order valence-corrected chi connectivity index (χ3v) is 3.48. The average molecular weight is 286 g/mol. The summed E-state index contributed by atoms with van der Waals surface area (Å²) in [5, 5.41) is 20.6. The standard InChI is InChI=1S/C14H15FN6/c1-20(8-11-6-10(7-16)2-5-13(11)15)9-14-17-18-19-21(14)12-3-4-12/h2,5-6,12H,3-4,8-9H2,1H3. The van der Waals surface area contributed by atoms with Crippen LogP contribution in [0.2, 0.25) is 0 Å². The summed E-state index contributed by atoms with van der Waals surface area (Å²) in [7, 11) is 1.88. The van der Waals surface area contributed by atoms with Crippen LogP contribution in [0, 0.1) is 17.1 Å². The number of hydrogen-bond acceptors (Lipinski definition) is 5. The molecule has 0 saturated heterocycles. The Morgan fingerprint density at radius 3 is 2.95 bits per heavy atom. The van der Waals surface area contributed by atoms with Crippen molar-refractivity contribution in [1.29, 1.82) is 5.26 Å². The van der Waals surface area contributed by atoms with Gasteiger partial charge in [-0.3, -0.25) is 4.90 Å². The summed E-state index contributed by atoms with van der Waals surface area (Å²) in [6.45, 7) is 0.943. The van der Waals surface area contributed by atoms with Crippen LogP contribution >= 0.6 is 0 Å². The van der Waals surface area contributed by atoms with Crippen molar-refractivity contribution in [2.24, 2.45) is 0 Å². The maximum atomic E-state index is 13.8. The van der Waals surface area contributed by atoms with Crippen molar-refractivity contribution in [3.63, 3.8) is 0 Å². The summed E-state index contributed by atoms with van der Waals surface area (Å²) in [4.78, 5) is 1.93. The second-order valence-electron chi connectivity index (χ2n) is 5.36. The molecular weight excluding hydrogens is 271 g/mol. The molecule has 0 spiro atoms. The molecule has 1 aromatic carbocycles. The lowest BCUT2D eigenvalue weighted by Crippen LogP contribution is -2.21. The highest BCUT2D eigenvalue weighted by Gasteiger charge is 2.27. The van der Waals surface area contributed by atoms with E-state index in [1.807, 2.05) is 22.7 Å². The number of tetrazole rings is 1. The van der Waals surface area contributed by atoms with E-state index in [9.17, 15) is 4.39 Å². The minimum absolute atomic E-state index is 0.303. The zero-order valence-electron chi connectivity index (χ0n) is 11.7. The van der Waals surface area contributed by atoms with Crippen LogP contribution in [0.5, 0.6) is 0 Å². The molecule has 1 fully saturated rings. The first-order chi connectivity index (χ1) is 10.2. The molecule has 0 radical (unpaired) electrons. The van der Waals surface area contributed by atoms with Gasteiger partial charge in [0, 0.05) is 12.1 Å². The second kappa shape index (κ2) is 5.58. The molecule has 1 heterocycles. The fourth-order valence-electron chi connectivity index (χ4n) is 2.27. The first kappa shape index (κ1) is 13.6. The predicted octanol–water partition coefficient (Wildman–Crippen LogP) is 1.65. The molecule has 1 aliphatic carbocycles. The van der Waals surface area contributed by atoms with E-state index in [1.54, 1.807) is 6.07 Å². The van der Waals surface area contributed by atoms with Gasteiger partial charge in [-0.05, 0) is 48.5 Å². The van der Waals surface area contributed by atoms with Crippen LogP contribution in [-0.2, 0) is 13.1 Å². The zero-order chi connectivity index (χ0) is 14.8. The summed E-state index contributed by atoms with van der Waals surface area (Å²) in [5.41, 5.74) is 0.963. The van der Waals surface area contributed by atoms with Crippen LogP contribution in [0.1, 0.15) is 35.8 Å². The molecule has 108 valence electrons. The minimum atomic E-state index is -0.303. The van der Waals surface area contributed by atoms with Crippen LogP contribution in [-0.4, -0.2) is 32.2 Å². The quantitative estimate of drug-likeness (QED) is 0.835. The van der Waals surface area contributed by atoms with Crippen LogP contribution < -0.4 is 0 Å². The smallest absolute Gasteiger partial charge is 0.165 e. The highest BCUT2D eigenvalue weighted by Crippen LogP contribution is 2.34. The number of aromatic nitrogens is 4. The van der Waals surface area contributed by atoms with E-state index in [-0.39, 0.29) is 5.82 Å². The van der Waals surface area contributed by atoms with Crippen molar-refractivity contribution in [2.75, 3.05) is 7.05 Å². The molecule has 0 bridgehead atoms. The van der Waals surface area contributed by atoms with Crippen LogP contribution in [0.25, 0.3) is 0 Å². The zero-order valence-corrected chi connectivity index (χ0v) is 11.7. The van der Waals surface area contributed by atoms with Gasteiger partial charge in [0.1, 0.15) is 5.82 Å². The van der Waals surface area contributed by atoms with Crippen LogP contribution in [0.4, 0.5) is 4.39 Å². The summed E-state index contributed by atoms with van der Waals surface area (Å²) in [6.07, 6.45) is 2.22. The van der Waals surface area contributed by atoms with E-state index in [0.717, 1.165) is 18.7 Å². The monoisotopic (exact) mass is 286 g/mol. The average Bonchev–Trinajstić information content (AvgIpc) is 3.22. The van der Waals surface area contributed by atoms with Crippen molar-refractivity contribution >= 4 is 0 Å². The Hall–Kier alpha value is -2.33. The predicted molar refractivity (Wildman–Crippen MR) is 72.4 cm³/mol. The Balaban J connectivity index is 1.70. The molecule has 0 aliphatic heterocycles. The van der Waals surface area contributed by atoms with Crippen LogP contribution in [0.15, 0.2) is 18.2 Å². The minimum Gasteiger partial charge on any atom is -0.295 e. The van der Waals surface area contributed by atoms with E-state index >= 15 is 0 Å². The lowest BCUT2D eigenvalue weighted by atomic mass is 10.1. The molecule has 1 aromatic heterocycles. The van der Waals surface area contributed by atoms with Crippen molar-refractivity contribution in [3.05, 3.63) is 41.0 Å². The Bertz CT molecular complexity index is 685. The number of nitriles is 1. The topological polar surface area (TPSA) is 70.6 Å². The third-order valence-electron chi connectivity index (χ3n) is 3.48. The van der Waals surface area contributed by atoms with Crippen molar-refractivity contribution < 1.29 is 4.39 Å². The molecule has 1 saturated carbocycles. The number of benzene rings is 1. The van der Waals surface area contributed by atoms with Crippen molar-refractivity contribution in [2.45, 2.75) is 32.0 Å². The van der Waals surface area contributed by atoms with Crippen molar-refractivity contribution in [3.8, 4) is 6.07 Å².